The van der Waals surface area contributed by atoms with E-state index in [0.717, 1.165) is 12.1 Å². The van der Waals surface area contributed by atoms with Gasteiger partial charge in [0.25, 0.3) is 5.69 Å². The maximum absolute atomic E-state index is 10.8. The number of hydrogen-bond donors (Lipinski definition) is 3. The number of aliphatic hydroxyl groups is 1. The normalized spacial score (nSPS) is 11.1. The van der Waals surface area contributed by atoms with Crippen LogP contribution in [0.25, 0.3) is 0 Å². The lowest BCUT2D eigenvalue weighted by Gasteiger charge is -2.24. The average Bonchev–Trinajstić information content (AvgIpc) is 2.28. The number of anilines is 1. The van der Waals surface area contributed by atoms with Crippen molar-refractivity contribution < 1.29 is 19.9 Å². The Kier molecular flexibility index (Phi) is 3.87. The standard InChI is InChI=1S/C11H14N2O5/c1-11(2,6-14)12-8-5-7(10(15)16)3-4-9(8)13(17)18/h3-5,12,14H,6H2,1-2H3,(H,15,16). The number of carboxylic acid groups (broad SMARTS) is 1. The summed E-state index contributed by atoms with van der Waals surface area (Å²) < 4.78 is 0. The Morgan fingerprint density at radius 3 is 2.56 bits per heavy atom. The summed E-state index contributed by atoms with van der Waals surface area (Å²) in [6, 6.07) is 3.47. The second kappa shape index (κ2) is 5.01. The molecule has 0 saturated heterocycles. The van der Waals surface area contributed by atoms with Gasteiger partial charge in [-0.05, 0) is 26.0 Å². The van der Waals surface area contributed by atoms with Gasteiger partial charge in [0.05, 0.1) is 22.6 Å². The summed E-state index contributed by atoms with van der Waals surface area (Å²) in [6.07, 6.45) is 0. The van der Waals surface area contributed by atoms with Crippen molar-refractivity contribution in [2.24, 2.45) is 0 Å². The predicted octanol–water partition coefficient (Wildman–Crippen LogP) is 1.48. The lowest BCUT2D eigenvalue weighted by Crippen LogP contribution is -2.35. The first-order valence-corrected chi connectivity index (χ1v) is 5.17. The summed E-state index contributed by atoms with van der Waals surface area (Å²) in [4.78, 5) is 21.0. The van der Waals surface area contributed by atoms with Crippen LogP contribution in [0.15, 0.2) is 18.2 Å². The van der Waals surface area contributed by atoms with Gasteiger partial charge in [0, 0.05) is 6.07 Å². The van der Waals surface area contributed by atoms with Crippen molar-refractivity contribution in [1.82, 2.24) is 0 Å². The van der Waals surface area contributed by atoms with Crippen LogP contribution < -0.4 is 5.32 Å². The second-order valence-electron chi connectivity index (χ2n) is 4.46. The highest BCUT2D eigenvalue weighted by atomic mass is 16.6. The van der Waals surface area contributed by atoms with Crippen LogP contribution in [0.1, 0.15) is 24.2 Å². The van der Waals surface area contributed by atoms with Crippen molar-refractivity contribution in [2.75, 3.05) is 11.9 Å². The number of nitrogens with zero attached hydrogens (tertiary/aromatic N) is 1. The topological polar surface area (TPSA) is 113 Å². The molecule has 3 N–H and O–H groups in total. The number of aromatic carboxylic acids is 1. The average molecular weight is 254 g/mol. The van der Waals surface area contributed by atoms with Gasteiger partial charge in [-0.1, -0.05) is 0 Å². The highest BCUT2D eigenvalue weighted by molar-refractivity contribution is 5.90. The molecule has 0 aliphatic heterocycles. The molecule has 1 aromatic carbocycles. The number of nitrogens with one attached hydrogen (secondary N) is 1. The predicted molar refractivity (Wildman–Crippen MR) is 64.8 cm³/mol. The molecular weight excluding hydrogens is 240 g/mol. The van der Waals surface area contributed by atoms with Crippen molar-refractivity contribution in [2.45, 2.75) is 19.4 Å². The number of rotatable bonds is 5. The third-order valence-corrected chi connectivity index (χ3v) is 2.31. The van der Waals surface area contributed by atoms with E-state index in [9.17, 15) is 14.9 Å². The zero-order valence-corrected chi connectivity index (χ0v) is 10.0. The van der Waals surface area contributed by atoms with Gasteiger partial charge in [-0.25, -0.2) is 4.79 Å². The van der Waals surface area contributed by atoms with Gasteiger partial charge >= 0.3 is 5.97 Å². The molecule has 98 valence electrons. The van der Waals surface area contributed by atoms with Crippen molar-refractivity contribution in [1.29, 1.82) is 0 Å². The zero-order valence-electron chi connectivity index (χ0n) is 10.0. The largest absolute Gasteiger partial charge is 0.478 e. The molecular formula is C11H14N2O5. The molecule has 1 aromatic rings. The third-order valence-electron chi connectivity index (χ3n) is 2.31. The maximum atomic E-state index is 10.8. The van der Waals surface area contributed by atoms with Gasteiger partial charge in [0.15, 0.2) is 0 Å². The number of carbonyl (C=O) groups is 1. The van der Waals surface area contributed by atoms with E-state index >= 15 is 0 Å². The van der Waals surface area contributed by atoms with E-state index in [1.807, 2.05) is 0 Å². The molecule has 0 aliphatic rings. The van der Waals surface area contributed by atoms with Gasteiger partial charge in [-0.15, -0.1) is 0 Å². The van der Waals surface area contributed by atoms with Crippen LogP contribution in [0.5, 0.6) is 0 Å². The molecule has 1 rings (SSSR count). The minimum atomic E-state index is -1.17. The van der Waals surface area contributed by atoms with E-state index < -0.39 is 16.4 Å². The second-order valence-corrected chi connectivity index (χ2v) is 4.46. The molecule has 0 saturated carbocycles. The lowest BCUT2D eigenvalue weighted by atomic mass is 10.1. The highest BCUT2D eigenvalue weighted by Gasteiger charge is 2.23. The lowest BCUT2D eigenvalue weighted by molar-refractivity contribution is -0.384. The number of carboxylic acids is 1. The van der Waals surface area contributed by atoms with Crippen molar-refractivity contribution in [3.05, 3.63) is 33.9 Å². The van der Waals surface area contributed by atoms with Crippen LogP contribution in [0.2, 0.25) is 0 Å². The summed E-state index contributed by atoms with van der Waals surface area (Å²) >= 11 is 0. The fourth-order valence-electron chi connectivity index (χ4n) is 1.33. The third kappa shape index (κ3) is 3.17. The minimum absolute atomic E-state index is 0.0585. The summed E-state index contributed by atoms with van der Waals surface area (Å²) in [5, 5.41) is 31.6. The summed E-state index contributed by atoms with van der Waals surface area (Å²) in [5.41, 5.74) is -1.01. The van der Waals surface area contributed by atoms with Crippen LogP contribution in [0, 0.1) is 10.1 Å². The molecule has 0 heterocycles. The molecule has 0 bridgehead atoms. The van der Waals surface area contributed by atoms with Crippen LogP contribution in [-0.4, -0.2) is 33.3 Å². The number of hydrogen-bond acceptors (Lipinski definition) is 5. The van der Waals surface area contributed by atoms with Crippen molar-refractivity contribution in [3.8, 4) is 0 Å². The first kappa shape index (κ1) is 13.9. The first-order valence-electron chi connectivity index (χ1n) is 5.17. The molecule has 0 fully saturated rings. The van der Waals surface area contributed by atoms with Gasteiger partial charge < -0.3 is 15.5 Å². The Labute approximate surface area is 103 Å². The van der Waals surface area contributed by atoms with Gasteiger partial charge in [-0.2, -0.15) is 0 Å². The zero-order chi connectivity index (χ0) is 13.9. The Morgan fingerprint density at radius 1 is 1.50 bits per heavy atom. The Bertz CT molecular complexity index is 484. The fraction of sp³-hybridized carbons (Fsp3) is 0.364. The Hall–Kier alpha value is -2.15. The van der Waals surface area contributed by atoms with Crippen LogP contribution >= 0.6 is 0 Å². The van der Waals surface area contributed by atoms with E-state index in [0.29, 0.717) is 0 Å². The van der Waals surface area contributed by atoms with E-state index in [4.69, 9.17) is 10.2 Å². The van der Waals surface area contributed by atoms with Gasteiger partial charge in [-0.3, -0.25) is 10.1 Å². The van der Waals surface area contributed by atoms with Crippen molar-refractivity contribution >= 4 is 17.3 Å². The Morgan fingerprint density at radius 2 is 2.11 bits per heavy atom. The fourth-order valence-corrected chi connectivity index (χ4v) is 1.33. The number of nitro benzene ring substituents is 1. The van der Waals surface area contributed by atoms with Gasteiger partial charge in [0.1, 0.15) is 5.69 Å². The monoisotopic (exact) mass is 254 g/mol. The Balaban J connectivity index is 3.24. The maximum Gasteiger partial charge on any atom is 0.335 e. The molecule has 7 nitrogen and oxygen atoms in total. The number of nitro groups is 1. The van der Waals surface area contributed by atoms with Crippen LogP contribution in [0.3, 0.4) is 0 Å². The van der Waals surface area contributed by atoms with E-state index in [-0.39, 0.29) is 23.5 Å². The van der Waals surface area contributed by atoms with E-state index in [1.165, 1.54) is 6.07 Å². The van der Waals surface area contributed by atoms with E-state index in [1.54, 1.807) is 13.8 Å². The first-order chi connectivity index (χ1) is 8.26. The highest BCUT2D eigenvalue weighted by Crippen LogP contribution is 2.28. The molecule has 7 heteroatoms. The number of benzene rings is 1. The molecule has 0 aromatic heterocycles. The molecule has 0 aliphatic carbocycles. The molecule has 0 atom stereocenters. The summed E-state index contributed by atoms with van der Waals surface area (Å²) in [7, 11) is 0. The quantitative estimate of drug-likeness (QED) is 0.541. The molecule has 0 radical (unpaired) electrons. The summed E-state index contributed by atoms with van der Waals surface area (Å²) in [6.45, 7) is 3.04. The summed E-state index contributed by atoms with van der Waals surface area (Å²) in [5.74, 6) is -1.17. The molecule has 0 spiro atoms. The molecule has 0 unspecified atom stereocenters. The smallest absolute Gasteiger partial charge is 0.335 e. The van der Waals surface area contributed by atoms with Crippen LogP contribution in [0.4, 0.5) is 11.4 Å². The van der Waals surface area contributed by atoms with E-state index in [2.05, 4.69) is 5.32 Å². The van der Waals surface area contributed by atoms with Gasteiger partial charge in [0.2, 0.25) is 0 Å². The van der Waals surface area contributed by atoms with Crippen LogP contribution in [-0.2, 0) is 0 Å². The molecule has 18 heavy (non-hydrogen) atoms. The van der Waals surface area contributed by atoms with Crippen molar-refractivity contribution in [3.63, 3.8) is 0 Å². The SMILES string of the molecule is CC(C)(CO)Nc1cc(C(=O)O)ccc1[N+](=O)[O-]. The molecule has 0 amide bonds. The minimum Gasteiger partial charge on any atom is -0.478 e. The number of aliphatic hydroxyl groups excluding tert-OH is 1.